The van der Waals surface area contributed by atoms with Crippen LogP contribution in [0.1, 0.15) is 91.5 Å². The quantitative estimate of drug-likeness (QED) is 0.279. The van der Waals surface area contributed by atoms with Crippen molar-refractivity contribution in [2.24, 2.45) is 5.92 Å². The lowest BCUT2D eigenvalue weighted by molar-refractivity contribution is -0.130. The summed E-state index contributed by atoms with van der Waals surface area (Å²) in [7, 11) is 0. The number of nitrogens with zero attached hydrogens (tertiary/aromatic N) is 2. The fourth-order valence-corrected chi connectivity index (χ4v) is 6.25. The number of imidazole rings is 1. The van der Waals surface area contributed by atoms with Crippen LogP contribution in [0.4, 0.5) is 10.6 Å². The summed E-state index contributed by atoms with van der Waals surface area (Å²) in [5.41, 5.74) is -2.27. The Morgan fingerprint density at radius 2 is 1.75 bits per heavy atom. The Hall–Kier alpha value is -3.73. The number of aromatic nitrogens is 2. The van der Waals surface area contributed by atoms with Gasteiger partial charge in [0.05, 0.1) is 6.33 Å². The molecule has 4 N–H and O–H groups in total. The van der Waals surface area contributed by atoms with Crippen molar-refractivity contribution in [3.05, 3.63) is 48.4 Å². The highest BCUT2D eigenvalue weighted by atomic mass is 16.6. The van der Waals surface area contributed by atoms with Crippen LogP contribution in [0.15, 0.2) is 42.9 Å². The molecule has 1 aromatic carbocycles. The van der Waals surface area contributed by atoms with E-state index in [0.717, 1.165) is 56.9 Å². The van der Waals surface area contributed by atoms with Crippen molar-refractivity contribution >= 4 is 30.0 Å². The van der Waals surface area contributed by atoms with Gasteiger partial charge in [0.2, 0.25) is 11.8 Å². The molecule has 2 fully saturated rings. The summed E-state index contributed by atoms with van der Waals surface area (Å²) in [6.45, 7) is 9.19. The summed E-state index contributed by atoms with van der Waals surface area (Å²) in [5.74, 6) is -0.337. The average molecular weight is 609 g/mol. The zero-order chi connectivity index (χ0) is 32.0. The predicted molar refractivity (Wildman–Crippen MR) is 168 cm³/mol. The van der Waals surface area contributed by atoms with E-state index in [1.807, 2.05) is 30.3 Å². The summed E-state index contributed by atoms with van der Waals surface area (Å²) in [6, 6.07) is 8.58. The van der Waals surface area contributed by atoms with E-state index in [4.69, 9.17) is 4.74 Å². The number of nitrogens with one attached hydrogen (secondary N) is 4. The monoisotopic (exact) mass is 608 g/mol. The maximum absolute atomic E-state index is 13.7. The molecule has 2 heterocycles. The molecular formula is C33H48N6O5. The number of amides is 3. The van der Waals surface area contributed by atoms with E-state index in [1.54, 1.807) is 51.7 Å². The average Bonchev–Trinajstić information content (AvgIpc) is 3.67. The lowest BCUT2D eigenvalue weighted by Crippen LogP contribution is -2.59. The smallest absolute Gasteiger partial charge is 0.408 e. The highest BCUT2D eigenvalue weighted by molar-refractivity contribution is 5.98. The number of benzene rings is 1. The molecule has 4 rings (SSSR count). The molecule has 2 aromatic rings. The largest absolute Gasteiger partial charge is 0.444 e. The summed E-state index contributed by atoms with van der Waals surface area (Å²) >= 11 is 0. The molecule has 1 aliphatic carbocycles. The number of aldehydes is 1. The van der Waals surface area contributed by atoms with E-state index in [0.29, 0.717) is 6.42 Å². The molecule has 0 radical (unpaired) electrons. The van der Waals surface area contributed by atoms with Crippen LogP contribution in [0.2, 0.25) is 0 Å². The number of rotatable bonds is 11. The zero-order valence-corrected chi connectivity index (χ0v) is 26.7. The van der Waals surface area contributed by atoms with Gasteiger partial charge in [-0.05, 0) is 71.9 Å². The van der Waals surface area contributed by atoms with Crippen LogP contribution in [-0.4, -0.2) is 63.5 Å². The van der Waals surface area contributed by atoms with Crippen molar-refractivity contribution < 1.29 is 23.9 Å². The second-order valence-electron chi connectivity index (χ2n) is 13.6. The third-order valence-electron chi connectivity index (χ3n) is 8.57. The Morgan fingerprint density at radius 3 is 2.36 bits per heavy atom. The van der Waals surface area contributed by atoms with Gasteiger partial charge in [-0.2, -0.15) is 0 Å². The number of alkyl carbamates (subject to hydrolysis) is 1. The molecule has 1 saturated heterocycles. The number of carbonyl (C=O) groups excluding carboxylic acids is 4. The van der Waals surface area contributed by atoms with Crippen LogP contribution >= 0.6 is 0 Å². The minimum atomic E-state index is -1.33. The number of hydrogen-bond donors (Lipinski definition) is 4. The van der Waals surface area contributed by atoms with E-state index in [1.165, 1.54) is 6.42 Å². The van der Waals surface area contributed by atoms with Gasteiger partial charge in [-0.15, -0.1) is 0 Å². The maximum atomic E-state index is 13.7. The summed E-state index contributed by atoms with van der Waals surface area (Å²) in [6.07, 6.45) is 11.0. The fraction of sp³-hybridized carbons (Fsp3) is 0.606. The number of ether oxygens (including phenoxy) is 1. The molecule has 3 amide bonds. The lowest BCUT2D eigenvalue weighted by atomic mass is 9.82. The normalized spacial score (nSPS) is 19.8. The van der Waals surface area contributed by atoms with Crippen molar-refractivity contribution in [1.82, 2.24) is 25.5 Å². The van der Waals surface area contributed by atoms with Gasteiger partial charge in [-0.3, -0.25) is 9.59 Å². The molecular weight excluding hydrogens is 560 g/mol. The molecule has 2 unspecified atom stereocenters. The van der Waals surface area contributed by atoms with Crippen LogP contribution in [-0.2, 0) is 24.7 Å². The number of hydrogen-bond acceptors (Lipinski definition) is 7. The summed E-state index contributed by atoms with van der Waals surface area (Å²) in [5, 5.41) is 11.9. The number of carbonyl (C=O) groups is 4. The Bertz CT molecular complexity index is 1290. The van der Waals surface area contributed by atoms with E-state index in [9.17, 15) is 19.2 Å². The van der Waals surface area contributed by atoms with Crippen molar-refractivity contribution in [2.45, 2.75) is 115 Å². The van der Waals surface area contributed by atoms with Gasteiger partial charge < -0.3 is 35.4 Å². The third-order valence-corrected chi connectivity index (χ3v) is 8.57. The van der Waals surface area contributed by atoms with Gasteiger partial charge in [0, 0.05) is 12.2 Å². The first-order valence-corrected chi connectivity index (χ1v) is 15.8. The van der Waals surface area contributed by atoms with Crippen molar-refractivity contribution in [3.8, 4) is 0 Å². The van der Waals surface area contributed by atoms with E-state index < -0.39 is 40.6 Å². The molecule has 11 heteroatoms. The van der Waals surface area contributed by atoms with Crippen molar-refractivity contribution in [1.29, 1.82) is 0 Å². The molecule has 44 heavy (non-hydrogen) atoms. The van der Waals surface area contributed by atoms with Crippen LogP contribution < -0.4 is 21.3 Å². The van der Waals surface area contributed by atoms with Crippen LogP contribution in [0.3, 0.4) is 0 Å². The molecule has 2 aliphatic rings. The third kappa shape index (κ3) is 8.05. The zero-order valence-electron chi connectivity index (χ0n) is 26.7. The summed E-state index contributed by atoms with van der Waals surface area (Å²) in [4.78, 5) is 56.9. The topological polar surface area (TPSA) is 143 Å². The fourth-order valence-electron chi connectivity index (χ4n) is 6.25. The van der Waals surface area contributed by atoms with Gasteiger partial charge in [-0.25, -0.2) is 9.78 Å². The van der Waals surface area contributed by atoms with Crippen molar-refractivity contribution in [2.75, 3.05) is 11.9 Å². The second-order valence-corrected chi connectivity index (χ2v) is 13.6. The van der Waals surface area contributed by atoms with E-state index in [2.05, 4.69) is 26.3 Å². The molecule has 0 spiro atoms. The molecule has 1 saturated carbocycles. The van der Waals surface area contributed by atoms with Crippen LogP contribution in [0.25, 0.3) is 0 Å². The first kappa shape index (κ1) is 33.2. The first-order chi connectivity index (χ1) is 20.8. The molecule has 1 aliphatic heterocycles. The van der Waals surface area contributed by atoms with Crippen LogP contribution in [0, 0.1) is 5.92 Å². The first-order valence-electron chi connectivity index (χ1n) is 15.8. The molecule has 11 nitrogen and oxygen atoms in total. The highest BCUT2D eigenvalue weighted by Crippen LogP contribution is 2.34. The molecule has 1 aromatic heterocycles. The Labute approximate surface area is 260 Å². The minimum absolute atomic E-state index is 0.141. The Balaban J connectivity index is 1.54. The Kier molecular flexibility index (Phi) is 10.5. The van der Waals surface area contributed by atoms with E-state index >= 15 is 0 Å². The lowest BCUT2D eigenvalue weighted by Gasteiger charge is -2.36. The van der Waals surface area contributed by atoms with Gasteiger partial charge in [0.15, 0.2) is 12.1 Å². The summed E-state index contributed by atoms with van der Waals surface area (Å²) < 4.78 is 7.10. The molecule has 0 bridgehead atoms. The van der Waals surface area contributed by atoms with Crippen molar-refractivity contribution in [3.63, 3.8) is 0 Å². The maximum Gasteiger partial charge on any atom is 0.408 e. The SMILES string of the molecule is CC(C)(C)OC(=O)NC(C)(C)C(=O)N[C@H](CC1CCCCC1)C(=O)Nc1cn(C(C=O)(c2ccccc2)C2CCCN2)cn1. The van der Waals surface area contributed by atoms with Gasteiger partial charge in [0.1, 0.15) is 22.7 Å². The second kappa shape index (κ2) is 13.9. The molecule has 240 valence electrons. The van der Waals surface area contributed by atoms with Crippen LogP contribution in [0.5, 0.6) is 0 Å². The molecule has 3 atom stereocenters. The minimum Gasteiger partial charge on any atom is -0.444 e. The standard InChI is InChI=1S/C33H48N6O5/c1-31(2,3)44-30(43)38-32(4,5)29(42)36-25(19-23-13-8-6-9-14-23)28(41)37-27-20-39(22-35-27)33(21-40,26-17-12-18-34-26)24-15-10-7-11-16-24/h7,10-11,15-16,20-23,25-26,34H,6,8-9,12-14,17-19H2,1-5H3,(H,36,42)(H,37,41)(H,38,43)/t25-,26?,33?/m1/s1. The number of anilines is 1. The van der Waals surface area contributed by atoms with Gasteiger partial charge in [0.25, 0.3) is 0 Å². The predicted octanol–water partition coefficient (Wildman–Crippen LogP) is 4.27. The highest BCUT2D eigenvalue weighted by Gasteiger charge is 2.44. The van der Waals surface area contributed by atoms with E-state index in [-0.39, 0.29) is 17.8 Å². The Morgan fingerprint density at radius 1 is 1.05 bits per heavy atom. The van der Waals surface area contributed by atoms with Gasteiger partial charge >= 0.3 is 6.09 Å². The van der Waals surface area contributed by atoms with Gasteiger partial charge in [-0.1, -0.05) is 62.4 Å².